The lowest BCUT2D eigenvalue weighted by Gasteiger charge is -2.12. The first-order valence-electron chi connectivity index (χ1n) is 12.1. The molecule has 0 saturated carbocycles. The molecule has 0 aliphatic rings. The van der Waals surface area contributed by atoms with Crippen LogP contribution in [0.1, 0.15) is 37.0 Å². The predicted octanol–water partition coefficient (Wildman–Crippen LogP) is 7.48. The summed E-state index contributed by atoms with van der Waals surface area (Å²) in [7, 11) is 0. The molecule has 0 spiro atoms. The summed E-state index contributed by atoms with van der Waals surface area (Å²) in [4.78, 5) is 27.8. The summed E-state index contributed by atoms with van der Waals surface area (Å²) in [5, 5.41) is 3.04. The van der Waals surface area contributed by atoms with Crippen LogP contribution in [0, 0.1) is 0 Å². The molecule has 1 amide bonds. The maximum atomic E-state index is 12.9. The number of ketones is 1. The topological polar surface area (TPSA) is 64.6 Å². The standard InChI is InChI=1S/C30H29NO4S/c1-3-34-26-17-15-23(19-27(26)35-4-2)25(32)16-18-29(33)31-24-20-28(21-11-7-5-8-12-21)36-30(24)22-13-9-6-10-14-22/h5-15,17,19-20H,3-4,16,18H2,1-2H3,(H,31,33). The predicted molar refractivity (Wildman–Crippen MR) is 146 cm³/mol. The van der Waals surface area contributed by atoms with E-state index in [9.17, 15) is 9.59 Å². The van der Waals surface area contributed by atoms with Crippen LogP contribution in [-0.4, -0.2) is 24.9 Å². The Bertz CT molecular complexity index is 1320. The molecule has 0 fully saturated rings. The second kappa shape index (κ2) is 12.2. The number of amides is 1. The summed E-state index contributed by atoms with van der Waals surface area (Å²) >= 11 is 1.63. The smallest absolute Gasteiger partial charge is 0.224 e. The van der Waals surface area contributed by atoms with Crippen molar-refractivity contribution < 1.29 is 19.1 Å². The summed E-state index contributed by atoms with van der Waals surface area (Å²) < 4.78 is 11.2. The first-order chi connectivity index (χ1) is 17.6. The van der Waals surface area contributed by atoms with Crippen LogP contribution in [0.15, 0.2) is 84.9 Å². The zero-order valence-electron chi connectivity index (χ0n) is 20.5. The van der Waals surface area contributed by atoms with E-state index in [1.54, 1.807) is 29.5 Å². The minimum absolute atomic E-state index is 0.0841. The summed E-state index contributed by atoms with van der Waals surface area (Å²) in [6.07, 6.45) is 0.183. The van der Waals surface area contributed by atoms with Gasteiger partial charge >= 0.3 is 0 Å². The Morgan fingerprint density at radius 3 is 2.06 bits per heavy atom. The van der Waals surface area contributed by atoms with Gasteiger partial charge in [0.2, 0.25) is 5.91 Å². The summed E-state index contributed by atoms with van der Waals surface area (Å²) in [6, 6.07) is 27.2. The number of carbonyl (C=O) groups excluding carboxylic acids is 2. The summed E-state index contributed by atoms with van der Waals surface area (Å²) in [6.45, 7) is 4.75. The number of hydrogen-bond donors (Lipinski definition) is 1. The molecule has 4 rings (SSSR count). The molecule has 0 radical (unpaired) electrons. The second-order valence-corrected chi connectivity index (χ2v) is 9.14. The fourth-order valence-corrected chi connectivity index (χ4v) is 4.97. The molecule has 1 aromatic heterocycles. The van der Waals surface area contributed by atoms with E-state index in [0.717, 1.165) is 26.6 Å². The minimum Gasteiger partial charge on any atom is -0.490 e. The fraction of sp³-hybridized carbons (Fsp3) is 0.200. The molecule has 36 heavy (non-hydrogen) atoms. The highest BCUT2D eigenvalue weighted by Gasteiger charge is 2.17. The third kappa shape index (κ3) is 6.20. The Morgan fingerprint density at radius 1 is 0.750 bits per heavy atom. The van der Waals surface area contributed by atoms with Gasteiger partial charge < -0.3 is 14.8 Å². The number of anilines is 1. The Kier molecular flexibility index (Phi) is 8.53. The van der Waals surface area contributed by atoms with Gasteiger partial charge in [-0.25, -0.2) is 0 Å². The number of ether oxygens (including phenoxy) is 2. The first kappa shape index (κ1) is 25.2. The van der Waals surface area contributed by atoms with Crippen molar-refractivity contribution in [3.63, 3.8) is 0 Å². The molecular weight excluding hydrogens is 470 g/mol. The van der Waals surface area contributed by atoms with E-state index in [1.165, 1.54) is 0 Å². The van der Waals surface area contributed by atoms with Crippen LogP contribution in [0.3, 0.4) is 0 Å². The van der Waals surface area contributed by atoms with E-state index >= 15 is 0 Å². The van der Waals surface area contributed by atoms with Gasteiger partial charge in [0.05, 0.1) is 23.8 Å². The van der Waals surface area contributed by atoms with Crippen molar-refractivity contribution in [2.75, 3.05) is 18.5 Å². The highest BCUT2D eigenvalue weighted by molar-refractivity contribution is 7.19. The van der Waals surface area contributed by atoms with Crippen LogP contribution in [0.5, 0.6) is 11.5 Å². The zero-order valence-corrected chi connectivity index (χ0v) is 21.3. The van der Waals surface area contributed by atoms with Crippen LogP contribution in [0.25, 0.3) is 20.9 Å². The number of Topliss-reactive ketones (excluding diaryl/α,β-unsaturated/α-hetero) is 1. The molecule has 3 aromatic carbocycles. The lowest BCUT2D eigenvalue weighted by molar-refractivity contribution is -0.116. The Morgan fingerprint density at radius 2 is 1.39 bits per heavy atom. The minimum atomic E-state index is -0.200. The molecule has 184 valence electrons. The van der Waals surface area contributed by atoms with Crippen molar-refractivity contribution in [2.45, 2.75) is 26.7 Å². The maximum absolute atomic E-state index is 12.9. The Labute approximate surface area is 215 Å². The lowest BCUT2D eigenvalue weighted by Crippen LogP contribution is -2.13. The normalized spacial score (nSPS) is 10.6. The number of benzene rings is 3. The van der Waals surface area contributed by atoms with Crippen LogP contribution >= 0.6 is 11.3 Å². The molecule has 5 nitrogen and oxygen atoms in total. The van der Waals surface area contributed by atoms with Gasteiger partial charge in [0, 0.05) is 23.3 Å². The van der Waals surface area contributed by atoms with Gasteiger partial charge in [0.25, 0.3) is 0 Å². The monoisotopic (exact) mass is 499 g/mol. The van der Waals surface area contributed by atoms with Crippen molar-refractivity contribution in [2.24, 2.45) is 0 Å². The van der Waals surface area contributed by atoms with Crippen LogP contribution in [-0.2, 0) is 4.79 Å². The number of carbonyl (C=O) groups is 2. The van der Waals surface area contributed by atoms with E-state index in [4.69, 9.17) is 9.47 Å². The third-order valence-electron chi connectivity index (χ3n) is 5.54. The molecule has 0 unspecified atom stereocenters. The average Bonchev–Trinajstić information content (AvgIpc) is 3.33. The Hall–Kier alpha value is -3.90. The molecule has 0 aliphatic heterocycles. The number of thiophene rings is 1. The Balaban J connectivity index is 1.47. The molecular formula is C30H29NO4S. The molecule has 1 N–H and O–H groups in total. The van der Waals surface area contributed by atoms with Crippen molar-refractivity contribution in [3.8, 4) is 32.4 Å². The lowest BCUT2D eigenvalue weighted by atomic mass is 10.1. The average molecular weight is 500 g/mol. The maximum Gasteiger partial charge on any atom is 0.224 e. The molecule has 6 heteroatoms. The number of rotatable bonds is 11. The van der Waals surface area contributed by atoms with Gasteiger partial charge in [-0.3, -0.25) is 9.59 Å². The van der Waals surface area contributed by atoms with Crippen molar-refractivity contribution in [3.05, 3.63) is 90.5 Å². The summed E-state index contributed by atoms with van der Waals surface area (Å²) in [5.41, 5.74) is 3.38. The van der Waals surface area contributed by atoms with Crippen molar-refractivity contribution in [1.82, 2.24) is 0 Å². The molecule has 0 saturated heterocycles. The fourth-order valence-electron chi connectivity index (χ4n) is 3.84. The SMILES string of the molecule is CCOc1ccc(C(=O)CCC(=O)Nc2cc(-c3ccccc3)sc2-c2ccccc2)cc1OCC. The largest absolute Gasteiger partial charge is 0.490 e. The first-order valence-corrected chi connectivity index (χ1v) is 12.9. The van der Waals surface area contributed by atoms with E-state index < -0.39 is 0 Å². The highest BCUT2D eigenvalue weighted by atomic mass is 32.1. The van der Waals surface area contributed by atoms with Crippen molar-refractivity contribution in [1.29, 1.82) is 0 Å². The van der Waals surface area contributed by atoms with E-state index in [0.29, 0.717) is 30.3 Å². The van der Waals surface area contributed by atoms with Crippen molar-refractivity contribution >= 4 is 28.7 Å². The zero-order chi connectivity index (χ0) is 25.3. The van der Waals surface area contributed by atoms with Gasteiger partial charge in [-0.2, -0.15) is 0 Å². The van der Waals surface area contributed by atoms with Gasteiger partial charge in [0.1, 0.15) is 0 Å². The van der Waals surface area contributed by atoms with E-state index in [2.05, 4.69) is 17.4 Å². The second-order valence-electron chi connectivity index (χ2n) is 8.08. The van der Waals surface area contributed by atoms with E-state index in [-0.39, 0.29) is 24.5 Å². The number of nitrogens with one attached hydrogen (secondary N) is 1. The van der Waals surface area contributed by atoms with Gasteiger partial charge in [-0.15, -0.1) is 11.3 Å². The van der Waals surface area contributed by atoms with Gasteiger partial charge in [0.15, 0.2) is 17.3 Å². The summed E-state index contributed by atoms with van der Waals surface area (Å²) in [5.74, 6) is 0.823. The van der Waals surface area contributed by atoms with Crippen LogP contribution in [0.2, 0.25) is 0 Å². The molecule has 0 atom stereocenters. The van der Waals surface area contributed by atoms with E-state index in [1.807, 2.05) is 68.4 Å². The van der Waals surface area contributed by atoms with Gasteiger partial charge in [-0.05, 0) is 49.2 Å². The number of hydrogen-bond acceptors (Lipinski definition) is 5. The highest BCUT2D eigenvalue weighted by Crippen LogP contribution is 2.41. The van der Waals surface area contributed by atoms with Crippen LogP contribution in [0.4, 0.5) is 5.69 Å². The van der Waals surface area contributed by atoms with Crippen LogP contribution < -0.4 is 14.8 Å². The van der Waals surface area contributed by atoms with Gasteiger partial charge in [-0.1, -0.05) is 60.7 Å². The molecule has 4 aromatic rings. The molecule has 0 bridgehead atoms. The molecule has 1 heterocycles. The molecule has 0 aliphatic carbocycles. The quantitative estimate of drug-likeness (QED) is 0.217. The third-order valence-corrected chi connectivity index (χ3v) is 6.78.